The van der Waals surface area contributed by atoms with Gasteiger partial charge >= 0.3 is 0 Å². The maximum absolute atomic E-state index is 9.19. The van der Waals surface area contributed by atoms with Crippen LogP contribution in [0.5, 0.6) is 0 Å². The van der Waals surface area contributed by atoms with Gasteiger partial charge in [0.2, 0.25) is 0 Å². The molecular formula is C12H19N5. The number of rotatable bonds is 3. The molecule has 0 spiro atoms. The fraction of sp³-hybridized carbons (Fsp3) is 0.667. The summed E-state index contributed by atoms with van der Waals surface area (Å²) in [7, 11) is 1.93. The molecule has 1 aromatic heterocycles. The molecule has 0 aliphatic heterocycles. The normalized spacial score (nSPS) is 16.1. The molecule has 92 valence electrons. The maximum atomic E-state index is 9.19. The van der Waals surface area contributed by atoms with E-state index in [0.717, 1.165) is 19.4 Å². The summed E-state index contributed by atoms with van der Waals surface area (Å²) < 4.78 is 1.85. The standard InChI is InChI=1S/C12H19N5/c1-3-16(2)12-10(8-13)11(14)17(15-12)9-6-4-5-7-9/h9H,3-7,14H2,1-2H3. The molecule has 5 nitrogen and oxygen atoms in total. The van der Waals surface area contributed by atoms with Gasteiger partial charge in [0.25, 0.3) is 0 Å². The number of hydrogen-bond donors (Lipinski definition) is 1. The largest absolute Gasteiger partial charge is 0.383 e. The van der Waals surface area contributed by atoms with Gasteiger partial charge in [0.15, 0.2) is 5.82 Å². The zero-order valence-electron chi connectivity index (χ0n) is 10.5. The van der Waals surface area contributed by atoms with Crippen LogP contribution in [0.25, 0.3) is 0 Å². The lowest BCUT2D eigenvalue weighted by molar-refractivity contribution is 0.473. The van der Waals surface area contributed by atoms with Crippen LogP contribution in [0.15, 0.2) is 0 Å². The molecular weight excluding hydrogens is 214 g/mol. The Hall–Kier alpha value is -1.70. The topological polar surface area (TPSA) is 70.9 Å². The van der Waals surface area contributed by atoms with Crippen LogP contribution < -0.4 is 10.6 Å². The molecule has 1 heterocycles. The molecule has 1 aliphatic rings. The highest BCUT2D eigenvalue weighted by Gasteiger charge is 2.25. The van der Waals surface area contributed by atoms with E-state index in [1.165, 1.54) is 12.8 Å². The highest BCUT2D eigenvalue weighted by Crippen LogP contribution is 2.34. The van der Waals surface area contributed by atoms with Gasteiger partial charge in [0, 0.05) is 13.6 Å². The number of hydrogen-bond acceptors (Lipinski definition) is 4. The zero-order chi connectivity index (χ0) is 12.4. The minimum absolute atomic E-state index is 0.376. The molecule has 0 amide bonds. The highest BCUT2D eigenvalue weighted by atomic mass is 15.4. The second kappa shape index (κ2) is 4.66. The summed E-state index contributed by atoms with van der Waals surface area (Å²) in [4.78, 5) is 1.96. The molecule has 2 rings (SSSR count). The van der Waals surface area contributed by atoms with Crippen molar-refractivity contribution in [2.75, 3.05) is 24.2 Å². The van der Waals surface area contributed by atoms with E-state index in [1.807, 2.05) is 23.6 Å². The lowest BCUT2D eigenvalue weighted by Gasteiger charge is -2.14. The zero-order valence-corrected chi connectivity index (χ0v) is 10.5. The second-order valence-corrected chi connectivity index (χ2v) is 4.59. The van der Waals surface area contributed by atoms with E-state index in [2.05, 4.69) is 11.2 Å². The summed E-state index contributed by atoms with van der Waals surface area (Å²) >= 11 is 0. The average molecular weight is 233 g/mol. The second-order valence-electron chi connectivity index (χ2n) is 4.59. The molecule has 0 saturated heterocycles. The van der Waals surface area contributed by atoms with Gasteiger partial charge in [0.05, 0.1) is 6.04 Å². The number of nitrogens with two attached hydrogens (primary N) is 1. The Labute approximate surface area is 102 Å². The summed E-state index contributed by atoms with van der Waals surface area (Å²) in [5, 5.41) is 13.7. The Kier molecular flexibility index (Phi) is 3.23. The van der Waals surface area contributed by atoms with Crippen molar-refractivity contribution in [3.8, 4) is 6.07 Å². The van der Waals surface area contributed by atoms with Gasteiger partial charge in [-0.05, 0) is 19.8 Å². The molecule has 0 bridgehead atoms. The van der Waals surface area contributed by atoms with Crippen molar-refractivity contribution in [3.05, 3.63) is 5.56 Å². The van der Waals surface area contributed by atoms with Crippen LogP contribution in [0.3, 0.4) is 0 Å². The molecule has 1 aliphatic carbocycles. The quantitative estimate of drug-likeness (QED) is 0.865. The van der Waals surface area contributed by atoms with Crippen molar-refractivity contribution in [1.29, 1.82) is 5.26 Å². The van der Waals surface area contributed by atoms with Gasteiger partial charge in [-0.1, -0.05) is 12.8 Å². The Morgan fingerprint density at radius 2 is 2.18 bits per heavy atom. The molecule has 17 heavy (non-hydrogen) atoms. The molecule has 1 fully saturated rings. The van der Waals surface area contributed by atoms with Crippen molar-refractivity contribution >= 4 is 11.6 Å². The van der Waals surface area contributed by atoms with E-state index in [1.54, 1.807) is 0 Å². The highest BCUT2D eigenvalue weighted by molar-refractivity contribution is 5.64. The molecule has 1 aromatic rings. The fourth-order valence-electron chi connectivity index (χ4n) is 2.39. The average Bonchev–Trinajstić information content (AvgIpc) is 2.95. The Bertz CT molecular complexity index is 436. The lowest BCUT2D eigenvalue weighted by Crippen LogP contribution is -2.18. The van der Waals surface area contributed by atoms with E-state index >= 15 is 0 Å². The SMILES string of the molecule is CCN(C)c1nn(C2CCCC2)c(N)c1C#N. The van der Waals surface area contributed by atoms with Crippen LogP contribution in [0, 0.1) is 11.3 Å². The van der Waals surface area contributed by atoms with E-state index < -0.39 is 0 Å². The molecule has 2 N–H and O–H groups in total. The van der Waals surface area contributed by atoms with Crippen molar-refractivity contribution in [3.63, 3.8) is 0 Å². The summed E-state index contributed by atoms with van der Waals surface area (Å²) in [6, 6.07) is 2.55. The van der Waals surface area contributed by atoms with Crippen LogP contribution in [-0.2, 0) is 0 Å². The monoisotopic (exact) mass is 233 g/mol. The van der Waals surface area contributed by atoms with Gasteiger partial charge in [-0.3, -0.25) is 0 Å². The van der Waals surface area contributed by atoms with Crippen LogP contribution in [-0.4, -0.2) is 23.4 Å². The first-order valence-electron chi connectivity index (χ1n) is 6.18. The Morgan fingerprint density at radius 1 is 1.53 bits per heavy atom. The number of nitriles is 1. The summed E-state index contributed by atoms with van der Waals surface area (Å²) in [5.41, 5.74) is 6.55. The summed E-state index contributed by atoms with van der Waals surface area (Å²) in [6.45, 7) is 2.85. The predicted octanol–water partition coefficient (Wildman–Crippen LogP) is 1.91. The maximum Gasteiger partial charge on any atom is 0.170 e. The van der Waals surface area contributed by atoms with Gasteiger partial charge < -0.3 is 10.6 Å². The third kappa shape index (κ3) is 1.95. The third-order valence-electron chi connectivity index (χ3n) is 3.55. The molecule has 0 radical (unpaired) electrons. The van der Waals surface area contributed by atoms with E-state index in [4.69, 9.17) is 5.73 Å². The van der Waals surface area contributed by atoms with Gasteiger partial charge in [0.1, 0.15) is 17.5 Å². The molecule has 0 unspecified atom stereocenters. The van der Waals surface area contributed by atoms with E-state index in [0.29, 0.717) is 23.2 Å². The Balaban J connectivity index is 2.41. The first kappa shape index (κ1) is 11.8. The minimum Gasteiger partial charge on any atom is -0.383 e. The lowest BCUT2D eigenvalue weighted by atomic mass is 10.2. The van der Waals surface area contributed by atoms with Crippen LogP contribution in [0.2, 0.25) is 0 Å². The molecule has 0 atom stereocenters. The van der Waals surface area contributed by atoms with E-state index in [-0.39, 0.29) is 0 Å². The summed E-state index contributed by atoms with van der Waals surface area (Å²) in [6.07, 6.45) is 4.69. The van der Waals surface area contributed by atoms with Gasteiger partial charge in [-0.2, -0.15) is 10.4 Å². The van der Waals surface area contributed by atoms with Crippen molar-refractivity contribution in [2.45, 2.75) is 38.6 Å². The first-order valence-corrected chi connectivity index (χ1v) is 6.18. The molecule has 0 aromatic carbocycles. The minimum atomic E-state index is 0.376. The fourth-order valence-corrected chi connectivity index (χ4v) is 2.39. The third-order valence-corrected chi connectivity index (χ3v) is 3.55. The van der Waals surface area contributed by atoms with Crippen molar-refractivity contribution in [2.24, 2.45) is 0 Å². The number of anilines is 2. The predicted molar refractivity (Wildman–Crippen MR) is 67.8 cm³/mol. The Morgan fingerprint density at radius 3 is 2.71 bits per heavy atom. The van der Waals surface area contributed by atoms with E-state index in [9.17, 15) is 5.26 Å². The van der Waals surface area contributed by atoms with Crippen LogP contribution in [0.4, 0.5) is 11.6 Å². The summed E-state index contributed by atoms with van der Waals surface area (Å²) in [5.74, 6) is 1.23. The number of aromatic nitrogens is 2. The molecule has 1 saturated carbocycles. The van der Waals surface area contributed by atoms with Crippen molar-refractivity contribution < 1.29 is 0 Å². The van der Waals surface area contributed by atoms with Crippen LogP contribution >= 0.6 is 0 Å². The van der Waals surface area contributed by atoms with Gasteiger partial charge in [-0.25, -0.2) is 4.68 Å². The smallest absolute Gasteiger partial charge is 0.170 e. The first-order chi connectivity index (χ1) is 8.19. The van der Waals surface area contributed by atoms with Crippen LogP contribution in [0.1, 0.15) is 44.2 Å². The molecule has 5 heteroatoms. The number of nitrogens with zero attached hydrogens (tertiary/aromatic N) is 4. The number of nitrogen functional groups attached to an aromatic ring is 1. The van der Waals surface area contributed by atoms with Gasteiger partial charge in [-0.15, -0.1) is 0 Å². The van der Waals surface area contributed by atoms with Crippen molar-refractivity contribution in [1.82, 2.24) is 9.78 Å².